The number of carbonyl (C=O) groups is 3. The number of fused-ring (bicyclic) bond motifs is 5. The molecular weight excluding hydrogens is 594 g/mol. The van der Waals surface area contributed by atoms with E-state index in [0.29, 0.717) is 0 Å². The molecule has 2 bridgehead atoms. The Kier molecular flexibility index (Phi) is 6.02. The van der Waals surface area contributed by atoms with E-state index in [1.54, 1.807) is 18.2 Å². The van der Waals surface area contributed by atoms with Crippen LogP contribution >= 0.6 is 43.5 Å². The first kappa shape index (κ1) is 23.4. The van der Waals surface area contributed by atoms with Gasteiger partial charge in [-0.15, -0.1) is 0 Å². The number of hydrogen-bond acceptors (Lipinski definition) is 5. The molecule has 2 saturated carbocycles. The zero-order valence-electron chi connectivity index (χ0n) is 17.5. The molecule has 0 spiro atoms. The average Bonchev–Trinajstić information content (AvgIpc) is 3.42. The summed E-state index contributed by atoms with van der Waals surface area (Å²) in [4.78, 5) is 52.0. The zero-order valence-corrected chi connectivity index (χ0v) is 21.4. The largest absolute Gasteiger partial charge is 0.274 e. The van der Waals surface area contributed by atoms with Crippen LogP contribution in [0.5, 0.6) is 0 Å². The maximum Gasteiger partial charge on any atom is 0.274 e. The quantitative estimate of drug-likeness (QED) is 0.213. The lowest BCUT2D eigenvalue weighted by Gasteiger charge is -2.31. The highest BCUT2D eigenvalue weighted by atomic mass is 79.9. The molecule has 0 aromatic heterocycles. The van der Waals surface area contributed by atoms with E-state index in [4.69, 9.17) is 11.6 Å². The third-order valence-corrected chi connectivity index (χ3v) is 10.6. The van der Waals surface area contributed by atoms with Gasteiger partial charge in [0.25, 0.3) is 23.4 Å². The van der Waals surface area contributed by atoms with Crippen molar-refractivity contribution in [3.8, 4) is 0 Å². The SMILES string of the molecule is O=C(c1ccccc1Cl)N(Cc1ccccc1[N+](=O)[O-])N1C(=O)[C@@H]2[C@H]3C[C@@H]([C@H](Br)[C@H]3Br)[C@@H]2C1=O. The number of nitro groups is 1. The van der Waals surface area contributed by atoms with Crippen molar-refractivity contribution in [3.05, 3.63) is 74.8 Å². The molecule has 8 nitrogen and oxygen atoms in total. The summed E-state index contributed by atoms with van der Waals surface area (Å²) in [5, 5.41) is 13.7. The predicted octanol–water partition coefficient (Wildman–Crippen LogP) is 4.58. The number of para-hydroxylation sites is 1. The molecular formula is C23H18Br2ClN3O5. The summed E-state index contributed by atoms with van der Waals surface area (Å²) in [5.41, 5.74) is 0.0882. The van der Waals surface area contributed by atoms with Crippen molar-refractivity contribution in [1.82, 2.24) is 10.0 Å². The monoisotopic (exact) mass is 609 g/mol. The number of benzene rings is 2. The summed E-state index contributed by atoms with van der Waals surface area (Å²) in [7, 11) is 0. The summed E-state index contributed by atoms with van der Waals surface area (Å²) in [6.45, 7) is -0.330. The van der Waals surface area contributed by atoms with E-state index in [9.17, 15) is 24.5 Å². The lowest BCUT2D eigenvalue weighted by atomic mass is 9.81. The zero-order chi connectivity index (χ0) is 24.3. The highest BCUT2D eigenvalue weighted by molar-refractivity contribution is 9.12. The van der Waals surface area contributed by atoms with E-state index in [1.807, 2.05) is 0 Å². The normalized spacial score (nSPS) is 29.4. The molecule has 34 heavy (non-hydrogen) atoms. The van der Waals surface area contributed by atoms with Gasteiger partial charge < -0.3 is 0 Å². The Morgan fingerprint density at radius 2 is 1.59 bits per heavy atom. The Labute approximate surface area is 216 Å². The minimum atomic E-state index is -0.677. The molecule has 1 aliphatic heterocycles. The summed E-state index contributed by atoms with van der Waals surface area (Å²) in [5.74, 6) is -2.74. The highest BCUT2D eigenvalue weighted by Crippen LogP contribution is 2.60. The Hall–Kier alpha value is -2.30. The number of nitrogens with zero attached hydrogens (tertiary/aromatic N) is 3. The minimum absolute atomic E-state index is 0.0378. The number of rotatable bonds is 5. The van der Waals surface area contributed by atoms with Crippen LogP contribution in [0, 0.1) is 33.8 Å². The molecule has 3 fully saturated rings. The van der Waals surface area contributed by atoms with Gasteiger partial charge in [-0.1, -0.05) is 73.8 Å². The van der Waals surface area contributed by atoms with Crippen LogP contribution < -0.4 is 0 Å². The molecule has 3 amide bonds. The van der Waals surface area contributed by atoms with Crippen LogP contribution in [0.1, 0.15) is 22.3 Å². The predicted molar refractivity (Wildman–Crippen MR) is 130 cm³/mol. The van der Waals surface area contributed by atoms with Crippen LogP contribution in [0.4, 0.5) is 5.69 Å². The molecule has 2 aliphatic carbocycles. The topological polar surface area (TPSA) is 101 Å². The van der Waals surface area contributed by atoms with Crippen LogP contribution in [0.25, 0.3) is 0 Å². The first-order chi connectivity index (χ1) is 16.2. The molecule has 176 valence electrons. The fourth-order valence-corrected chi connectivity index (χ4v) is 7.65. The maximum absolute atomic E-state index is 13.7. The molecule has 1 heterocycles. The van der Waals surface area contributed by atoms with E-state index in [-0.39, 0.29) is 49.9 Å². The summed E-state index contributed by atoms with van der Waals surface area (Å²) in [6.07, 6.45) is 0.745. The third kappa shape index (κ3) is 3.49. The molecule has 2 aromatic carbocycles. The molecule has 2 aromatic rings. The van der Waals surface area contributed by atoms with E-state index in [2.05, 4.69) is 31.9 Å². The number of amides is 3. The number of nitro benzene ring substituents is 1. The summed E-state index contributed by atoms with van der Waals surface area (Å²) in [6, 6.07) is 12.3. The molecule has 0 unspecified atom stereocenters. The van der Waals surface area contributed by atoms with E-state index in [1.165, 1.54) is 30.3 Å². The molecule has 1 saturated heterocycles. The average molecular weight is 612 g/mol. The van der Waals surface area contributed by atoms with Crippen molar-refractivity contribution in [2.75, 3.05) is 0 Å². The number of hydrogen-bond donors (Lipinski definition) is 0. The molecule has 11 heteroatoms. The van der Waals surface area contributed by atoms with Gasteiger partial charge in [0.1, 0.15) is 0 Å². The Balaban J connectivity index is 1.58. The van der Waals surface area contributed by atoms with Crippen LogP contribution in [-0.2, 0) is 16.1 Å². The van der Waals surface area contributed by atoms with Crippen LogP contribution in [0.15, 0.2) is 48.5 Å². The smallest absolute Gasteiger partial charge is 0.272 e. The van der Waals surface area contributed by atoms with Gasteiger partial charge in [0.2, 0.25) is 0 Å². The number of halogens is 3. The van der Waals surface area contributed by atoms with Gasteiger partial charge in [0.15, 0.2) is 0 Å². The Morgan fingerprint density at radius 3 is 2.18 bits per heavy atom. The Morgan fingerprint density at radius 1 is 1.03 bits per heavy atom. The van der Waals surface area contributed by atoms with Crippen molar-refractivity contribution in [1.29, 1.82) is 0 Å². The van der Waals surface area contributed by atoms with Crippen LogP contribution in [0.2, 0.25) is 5.02 Å². The minimum Gasteiger partial charge on any atom is -0.272 e. The second kappa shape index (κ2) is 8.73. The number of imide groups is 1. The molecule has 6 atom stereocenters. The van der Waals surface area contributed by atoms with Gasteiger partial charge in [-0.05, 0) is 30.4 Å². The standard InChI is InChI=1S/C23H18Br2ClN3O5/c24-19-13-9-14(20(19)25)18-17(13)22(31)28(23(18)32)27(21(30)12-6-2-3-7-15(12)26)10-11-5-1-4-8-16(11)29(33)34/h1-8,13-14,17-20H,9-10H2/t13-,14-,17-,18+,19+,20+/m1/s1. The molecule has 5 rings (SSSR count). The maximum atomic E-state index is 13.7. The number of hydrazine groups is 1. The van der Waals surface area contributed by atoms with Crippen molar-refractivity contribution < 1.29 is 19.3 Å². The van der Waals surface area contributed by atoms with E-state index >= 15 is 0 Å². The molecule has 3 aliphatic rings. The first-order valence-electron chi connectivity index (χ1n) is 10.7. The van der Waals surface area contributed by atoms with Gasteiger partial charge >= 0.3 is 0 Å². The lowest BCUT2D eigenvalue weighted by Crippen LogP contribution is -2.50. The van der Waals surface area contributed by atoms with Gasteiger partial charge in [-0.25, -0.2) is 5.01 Å². The van der Waals surface area contributed by atoms with Crippen LogP contribution in [0.3, 0.4) is 0 Å². The van der Waals surface area contributed by atoms with E-state index in [0.717, 1.165) is 16.4 Å². The first-order valence-corrected chi connectivity index (χ1v) is 12.9. The van der Waals surface area contributed by atoms with Crippen molar-refractivity contribution in [2.45, 2.75) is 22.6 Å². The fraction of sp³-hybridized carbons (Fsp3) is 0.348. The van der Waals surface area contributed by atoms with Gasteiger partial charge in [0, 0.05) is 15.7 Å². The van der Waals surface area contributed by atoms with Gasteiger partial charge in [0.05, 0.1) is 39.5 Å². The second-order valence-corrected chi connectivity index (χ2v) is 11.2. The molecule has 0 N–H and O–H groups in total. The highest BCUT2D eigenvalue weighted by Gasteiger charge is 2.67. The fourth-order valence-electron chi connectivity index (χ4n) is 5.56. The second-order valence-electron chi connectivity index (χ2n) is 8.72. The summed E-state index contributed by atoms with van der Waals surface area (Å²) >= 11 is 13.6. The summed E-state index contributed by atoms with van der Waals surface area (Å²) < 4.78 is 0. The lowest BCUT2D eigenvalue weighted by molar-refractivity contribution is -0.385. The number of alkyl halides is 2. The van der Waals surface area contributed by atoms with Gasteiger partial charge in [-0.2, -0.15) is 5.01 Å². The van der Waals surface area contributed by atoms with Crippen molar-refractivity contribution >= 4 is 66.9 Å². The van der Waals surface area contributed by atoms with E-state index < -0.39 is 34.5 Å². The van der Waals surface area contributed by atoms with Crippen LogP contribution in [-0.4, -0.2) is 42.3 Å². The van der Waals surface area contributed by atoms with Gasteiger partial charge in [-0.3, -0.25) is 24.5 Å². The third-order valence-electron chi connectivity index (χ3n) is 7.05. The number of carbonyl (C=O) groups excluding carboxylic acids is 3. The van der Waals surface area contributed by atoms with Crippen molar-refractivity contribution in [2.24, 2.45) is 23.7 Å². The Bertz CT molecular complexity index is 1190. The molecule has 0 radical (unpaired) electrons. The van der Waals surface area contributed by atoms with Crippen molar-refractivity contribution in [3.63, 3.8) is 0 Å².